The van der Waals surface area contributed by atoms with E-state index in [0.717, 1.165) is 11.2 Å². The van der Waals surface area contributed by atoms with Crippen molar-refractivity contribution in [1.82, 2.24) is 0 Å². The maximum atomic E-state index is 2.65. The van der Waals surface area contributed by atoms with Gasteiger partial charge in [0.15, 0.2) is 0 Å². The van der Waals surface area contributed by atoms with E-state index >= 15 is 0 Å². The zero-order valence-corrected chi connectivity index (χ0v) is 15.9. The molecule has 4 aliphatic rings. The van der Waals surface area contributed by atoms with Crippen molar-refractivity contribution in [2.24, 2.45) is 5.92 Å². The van der Waals surface area contributed by atoms with Crippen LogP contribution in [0.5, 0.6) is 0 Å². The van der Waals surface area contributed by atoms with E-state index in [1.165, 1.54) is 74.7 Å². The smallest absolute Gasteiger partial charge is 0.0195 e. The Kier molecular flexibility index (Phi) is 4.37. The van der Waals surface area contributed by atoms with Gasteiger partial charge in [0.25, 0.3) is 0 Å². The summed E-state index contributed by atoms with van der Waals surface area (Å²) in [6, 6.07) is 7.27. The summed E-state index contributed by atoms with van der Waals surface area (Å²) in [7, 11) is 0. The molecule has 2 atom stereocenters. The number of allylic oxidation sites excluding steroid dienone is 5. The minimum atomic E-state index is 0.744. The fourth-order valence-electron chi connectivity index (χ4n) is 5.06. The molecular formula is C24H28S. The van der Waals surface area contributed by atoms with Crippen molar-refractivity contribution in [2.45, 2.75) is 69.5 Å². The molecule has 1 fully saturated rings. The fourth-order valence-corrected chi connectivity index (χ4v) is 6.40. The monoisotopic (exact) mass is 348 g/mol. The summed E-state index contributed by atoms with van der Waals surface area (Å²) in [5.74, 6) is 0.744. The molecule has 0 radical (unpaired) electrons. The third kappa shape index (κ3) is 3.16. The molecule has 0 nitrogen and oxygen atoms in total. The van der Waals surface area contributed by atoms with Crippen molar-refractivity contribution in [1.29, 1.82) is 0 Å². The number of fused-ring (bicyclic) bond motifs is 2. The van der Waals surface area contributed by atoms with Gasteiger partial charge in [-0.2, -0.15) is 0 Å². The number of aryl methyl sites for hydroxylation is 2. The van der Waals surface area contributed by atoms with Crippen LogP contribution in [0.4, 0.5) is 0 Å². The van der Waals surface area contributed by atoms with Crippen molar-refractivity contribution in [3.05, 3.63) is 64.3 Å². The summed E-state index contributed by atoms with van der Waals surface area (Å²) in [5.41, 5.74) is 8.05. The quantitative estimate of drug-likeness (QED) is 0.562. The lowest BCUT2D eigenvalue weighted by Gasteiger charge is -2.28. The van der Waals surface area contributed by atoms with Crippen LogP contribution in [0.3, 0.4) is 0 Å². The van der Waals surface area contributed by atoms with Crippen LogP contribution in [-0.2, 0) is 12.8 Å². The molecule has 1 aromatic rings. The molecule has 0 aromatic heterocycles. The first kappa shape index (κ1) is 16.0. The lowest BCUT2D eigenvalue weighted by molar-refractivity contribution is 0.585. The molecule has 1 heterocycles. The number of benzene rings is 1. The zero-order valence-electron chi connectivity index (χ0n) is 15.1. The molecule has 5 rings (SSSR count). The van der Waals surface area contributed by atoms with Crippen LogP contribution in [0.15, 0.2) is 47.6 Å². The lowest BCUT2D eigenvalue weighted by atomic mass is 9.80. The normalized spacial score (nSPS) is 28.6. The van der Waals surface area contributed by atoms with E-state index in [1.807, 2.05) is 0 Å². The van der Waals surface area contributed by atoms with Gasteiger partial charge in [0.2, 0.25) is 0 Å². The fraction of sp³-hybridized carbons (Fsp3) is 0.500. The van der Waals surface area contributed by atoms with Gasteiger partial charge >= 0.3 is 0 Å². The highest BCUT2D eigenvalue weighted by Crippen LogP contribution is 2.46. The van der Waals surface area contributed by atoms with E-state index in [1.54, 1.807) is 22.3 Å². The van der Waals surface area contributed by atoms with Gasteiger partial charge in [0, 0.05) is 10.2 Å². The Labute approximate surface area is 156 Å². The molecule has 0 N–H and O–H groups in total. The van der Waals surface area contributed by atoms with Gasteiger partial charge in [0.05, 0.1) is 0 Å². The molecule has 130 valence electrons. The number of rotatable bonds is 2. The third-order valence-corrected chi connectivity index (χ3v) is 8.03. The van der Waals surface area contributed by atoms with Crippen molar-refractivity contribution in [3.63, 3.8) is 0 Å². The van der Waals surface area contributed by atoms with E-state index in [0.29, 0.717) is 0 Å². The van der Waals surface area contributed by atoms with Crippen LogP contribution in [-0.4, -0.2) is 5.25 Å². The van der Waals surface area contributed by atoms with Gasteiger partial charge in [-0.25, -0.2) is 0 Å². The highest BCUT2D eigenvalue weighted by Gasteiger charge is 2.29. The van der Waals surface area contributed by atoms with Crippen LogP contribution in [0, 0.1) is 5.92 Å². The van der Waals surface area contributed by atoms with Crippen LogP contribution in [0.25, 0.3) is 4.91 Å². The molecule has 1 saturated carbocycles. The predicted octanol–water partition coefficient (Wildman–Crippen LogP) is 6.86. The predicted molar refractivity (Wildman–Crippen MR) is 110 cm³/mol. The Morgan fingerprint density at radius 3 is 2.48 bits per heavy atom. The first-order chi connectivity index (χ1) is 12.4. The van der Waals surface area contributed by atoms with Crippen LogP contribution < -0.4 is 0 Å². The molecule has 0 bridgehead atoms. The van der Waals surface area contributed by atoms with Crippen molar-refractivity contribution in [3.8, 4) is 0 Å². The average Bonchev–Trinajstić information content (AvgIpc) is 3.17. The Hall–Kier alpha value is -1.21. The maximum absolute atomic E-state index is 2.65. The summed E-state index contributed by atoms with van der Waals surface area (Å²) in [4.78, 5) is 1.54. The van der Waals surface area contributed by atoms with Gasteiger partial charge in [-0.05, 0) is 98.0 Å². The molecule has 2 unspecified atom stereocenters. The molecule has 0 amide bonds. The SMILES string of the molecule is C1=C2CCCCC2=CC(C2CC=C(c3ccc4c(c3)CCCC4)S2)C1. The number of hydrogen-bond donors (Lipinski definition) is 0. The van der Waals surface area contributed by atoms with Crippen LogP contribution in [0.2, 0.25) is 0 Å². The lowest BCUT2D eigenvalue weighted by Crippen LogP contribution is -2.17. The Morgan fingerprint density at radius 2 is 1.56 bits per heavy atom. The van der Waals surface area contributed by atoms with Gasteiger partial charge in [0.1, 0.15) is 0 Å². The second-order valence-corrected chi connectivity index (χ2v) is 9.46. The van der Waals surface area contributed by atoms with Gasteiger partial charge in [-0.1, -0.05) is 36.4 Å². The first-order valence-electron chi connectivity index (χ1n) is 10.3. The standard InChI is InChI=1S/C24H28S/c1-3-7-19-15-21(11-9-17(19)5-1)23-13-14-24(25-23)22-12-10-18-6-2-4-8-20(18)16-22/h9-11,13,15-16,22,24H,1-8,12,14H2. The minimum absolute atomic E-state index is 0.744. The molecule has 25 heavy (non-hydrogen) atoms. The molecule has 3 aliphatic carbocycles. The van der Waals surface area contributed by atoms with E-state index in [9.17, 15) is 0 Å². The summed E-state index contributed by atoms with van der Waals surface area (Å²) in [6.45, 7) is 0. The Morgan fingerprint density at radius 1 is 0.760 bits per heavy atom. The summed E-state index contributed by atoms with van der Waals surface area (Å²) < 4.78 is 0. The number of thioether (sulfide) groups is 1. The molecule has 0 saturated heterocycles. The summed E-state index contributed by atoms with van der Waals surface area (Å²) in [6.07, 6.45) is 21.0. The molecule has 0 spiro atoms. The van der Waals surface area contributed by atoms with Gasteiger partial charge in [-0.3, -0.25) is 0 Å². The summed E-state index contributed by atoms with van der Waals surface area (Å²) in [5, 5.41) is 0.748. The van der Waals surface area contributed by atoms with Crippen molar-refractivity contribution < 1.29 is 0 Å². The highest BCUT2D eigenvalue weighted by atomic mass is 32.2. The van der Waals surface area contributed by atoms with Crippen LogP contribution >= 0.6 is 11.8 Å². The second kappa shape index (κ2) is 6.83. The van der Waals surface area contributed by atoms with Crippen molar-refractivity contribution in [2.75, 3.05) is 0 Å². The molecule has 1 aromatic carbocycles. The highest BCUT2D eigenvalue weighted by molar-refractivity contribution is 8.09. The van der Waals surface area contributed by atoms with E-state index in [4.69, 9.17) is 0 Å². The largest absolute Gasteiger partial charge is 0.121 e. The maximum Gasteiger partial charge on any atom is 0.0195 e. The van der Waals surface area contributed by atoms with Crippen LogP contribution in [0.1, 0.15) is 68.1 Å². The van der Waals surface area contributed by atoms with E-state index in [-0.39, 0.29) is 0 Å². The van der Waals surface area contributed by atoms with Gasteiger partial charge in [-0.15, -0.1) is 11.8 Å². The molecular weight excluding hydrogens is 320 g/mol. The third-order valence-electron chi connectivity index (χ3n) is 6.53. The average molecular weight is 349 g/mol. The Balaban J connectivity index is 1.30. The molecule has 1 heteroatoms. The van der Waals surface area contributed by atoms with E-state index in [2.05, 4.69) is 48.2 Å². The van der Waals surface area contributed by atoms with Crippen molar-refractivity contribution >= 4 is 16.7 Å². The Bertz CT molecular complexity index is 764. The second-order valence-electron chi connectivity index (χ2n) is 8.18. The molecule has 1 aliphatic heterocycles. The first-order valence-corrected chi connectivity index (χ1v) is 11.1. The zero-order chi connectivity index (χ0) is 16.6. The van der Waals surface area contributed by atoms with E-state index < -0.39 is 0 Å². The topological polar surface area (TPSA) is 0 Å². The number of hydrogen-bond acceptors (Lipinski definition) is 1. The minimum Gasteiger partial charge on any atom is -0.121 e. The van der Waals surface area contributed by atoms with Gasteiger partial charge < -0.3 is 0 Å². The summed E-state index contributed by atoms with van der Waals surface area (Å²) >= 11 is 2.15.